The van der Waals surface area contributed by atoms with E-state index in [4.69, 9.17) is 18.9 Å². The van der Waals surface area contributed by atoms with Gasteiger partial charge < -0.3 is 24.1 Å². The summed E-state index contributed by atoms with van der Waals surface area (Å²) in [5.74, 6) is 0.198. The third-order valence-corrected chi connectivity index (χ3v) is 4.45. The highest BCUT2D eigenvalue weighted by atomic mass is 16.7. The maximum absolute atomic E-state index is 12.3. The van der Waals surface area contributed by atoms with E-state index >= 15 is 0 Å². The third kappa shape index (κ3) is 5.58. The molecule has 27 heavy (non-hydrogen) atoms. The highest BCUT2D eigenvalue weighted by Crippen LogP contribution is 2.40. The molecule has 0 saturated heterocycles. The van der Waals surface area contributed by atoms with Crippen LogP contribution in [-0.2, 0) is 19.0 Å². The fourth-order valence-corrected chi connectivity index (χ4v) is 3.16. The summed E-state index contributed by atoms with van der Waals surface area (Å²) in [7, 11) is 1.62. The van der Waals surface area contributed by atoms with Crippen molar-refractivity contribution in [2.75, 3.05) is 26.9 Å². The average Bonchev–Trinajstić information content (AvgIpc) is 2.70. The van der Waals surface area contributed by atoms with E-state index in [1.807, 2.05) is 31.2 Å². The highest BCUT2D eigenvalue weighted by molar-refractivity contribution is 5.86. The predicted octanol–water partition coefficient (Wildman–Crippen LogP) is 3.17. The Hall–Kier alpha value is -2.31. The van der Waals surface area contributed by atoms with E-state index in [9.17, 15) is 9.90 Å². The Balaban J connectivity index is 2.37. The molecule has 0 saturated carbocycles. The van der Waals surface area contributed by atoms with E-state index in [2.05, 4.69) is 6.58 Å². The number of carbonyl (C=O) groups excluding carboxylic acids is 1. The summed E-state index contributed by atoms with van der Waals surface area (Å²) in [6.07, 6.45) is 4.01. The van der Waals surface area contributed by atoms with Gasteiger partial charge in [0.05, 0.1) is 7.11 Å². The minimum atomic E-state index is -0.593. The van der Waals surface area contributed by atoms with Crippen molar-refractivity contribution >= 4 is 5.97 Å². The second-order valence-electron chi connectivity index (χ2n) is 6.19. The van der Waals surface area contributed by atoms with Crippen LogP contribution in [-0.4, -0.2) is 44.3 Å². The van der Waals surface area contributed by atoms with Gasteiger partial charge in [0.2, 0.25) is 12.0 Å². The van der Waals surface area contributed by atoms with Gasteiger partial charge in [0, 0.05) is 25.0 Å². The van der Waals surface area contributed by atoms with Crippen molar-refractivity contribution in [1.82, 2.24) is 0 Å². The molecule has 1 aliphatic heterocycles. The molecule has 1 aliphatic rings. The zero-order chi connectivity index (χ0) is 19.6. The summed E-state index contributed by atoms with van der Waals surface area (Å²) >= 11 is 0. The van der Waals surface area contributed by atoms with Crippen LogP contribution in [0.4, 0.5) is 0 Å². The maximum atomic E-state index is 12.3. The lowest BCUT2D eigenvalue weighted by Gasteiger charge is -2.36. The lowest BCUT2D eigenvalue weighted by molar-refractivity contribution is -0.175. The lowest BCUT2D eigenvalue weighted by atomic mass is 9.80. The monoisotopic (exact) mass is 376 g/mol. The zero-order valence-corrected chi connectivity index (χ0v) is 15.9. The Morgan fingerprint density at radius 3 is 2.67 bits per heavy atom. The van der Waals surface area contributed by atoms with Gasteiger partial charge in [0.15, 0.2) is 0 Å². The van der Waals surface area contributed by atoms with Crippen molar-refractivity contribution in [3.63, 3.8) is 0 Å². The number of methoxy groups -OCH3 is 1. The van der Waals surface area contributed by atoms with Gasteiger partial charge in [0.25, 0.3) is 0 Å². The Kier molecular flexibility index (Phi) is 8.36. The number of carbonyl (C=O) groups is 1. The molecule has 0 unspecified atom stereocenters. The predicted molar refractivity (Wildman–Crippen MR) is 101 cm³/mol. The highest BCUT2D eigenvalue weighted by Gasteiger charge is 2.38. The quantitative estimate of drug-likeness (QED) is 0.499. The summed E-state index contributed by atoms with van der Waals surface area (Å²) in [5, 5.41) is 9.28. The van der Waals surface area contributed by atoms with Crippen LogP contribution >= 0.6 is 0 Å². The lowest BCUT2D eigenvalue weighted by Crippen LogP contribution is -2.36. The van der Waals surface area contributed by atoms with Crippen LogP contribution < -0.4 is 4.74 Å². The molecule has 1 heterocycles. The molecule has 0 amide bonds. The summed E-state index contributed by atoms with van der Waals surface area (Å²) < 4.78 is 22.0. The van der Waals surface area contributed by atoms with Crippen LogP contribution in [0, 0.1) is 5.92 Å². The van der Waals surface area contributed by atoms with Gasteiger partial charge in [-0.3, -0.25) is 0 Å². The number of hydrogen-bond donors (Lipinski definition) is 1. The molecule has 0 spiro atoms. The number of benzene rings is 1. The average molecular weight is 376 g/mol. The summed E-state index contributed by atoms with van der Waals surface area (Å²) in [6.45, 7) is 6.07. The van der Waals surface area contributed by atoms with Crippen molar-refractivity contribution in [3.8, 4) is 5.75 Å². The van der Waals surface area contributed by atoms with E-state index in [1.165, 1.54) is 6.08 Å². The fraction of sp³-hybridized carbons (Fsp3) is 0.476. The smallest absolute Gasteiger partial charge is 0.373 e. The van der Waals surface area contributed by atoms with E-state index in [1.54, 1.807) is 13.2 Å². The molecule has 0 aromatic heterocycles. The Bertz CT molecular complexity index is 637. The molecule has 0 radical (unpaired) electrons. The number of hydrogen-bond acceptors (Lipinski definition) is 6. The Morgan fingerprint density at radius 2 is 2.07 bits per heavy atom. The first-order valence-corrected chi connectivity index (χ1v) is 9.17. The molecular weight excluding hydrogens is 348 g/mol. The second kappa shape index (κ2) is 10.7. The molecule has 2 rings (SSSR count). The van der Waals surface area contributed by atoms with Gasteiger partial charge in [-0.25, -0.2) is 4.79 Å². The third-order valence-electron chi connectivity index (χ3n) is 4.45. The number of rotatable bonds is 10. The Labute approximate surface area is 160 Å². The molecule has 1 N–H and O–H groups in total. The van der Waals surface area contributed by atoms with Crippen molar-refractivity contribution in [1.29, 1.82) is 0 Å². The summed E-state index contributed by atoms with van der Waals surface area (Å²) in [4.78, 5) is 12.3. The molecule has 148 valence electrons. The number of aliphatic hydroxyl groups excluding tert-OH is 1. The first-order chi connectivity index (χ1) is 13.1. The molecule has 6 heteroatoms. The first-order valence-electron chi connectivity index (χ1n) is 9.17. The largest absolute Gasteiger partial charge is 0.497 e. The molecule has 1 aromatic carbocycles. The second-order valence-corrected chi connectivity index (χ2v) is 6.19. The number of esters is 1. The van der Waals surface area contributed by atoms with E-state index in [0.717, 1.165) is 11.3 Å². The first kappa shape index (κ1) is 21.0. The van der Waals surface area contributed by atoms with Crippen LogP contribution in [0.1, 0.15) is 31.2 Å². The summed E-state index contributed by atoms with van der Waals surface area (Å²) in [6, 6.07) is 7.69. The zero-order valence-electron chi connectivity index (χ0n) is 15.9. The van der Waals surface area contributed by atoms with Crippen LogP contribution in [0.25, 0.3) is 0 Å². The van der Waals surface area contributed by atoms with E-state index in [-0.39, 0.29) is 30.8 Å². The number of ether oxygens (including phenoxy) is 4. The van der Waals surface area contributed by atoms with Gasteiger partial charge in [-0.15, -0.1) is 0 Å². The van der Waals surface area contributed by atoms with Crippen LogP contribution in [0.15, 0.2) is 48.8 Å². The normalized spacial score (nSPS) is 21.7. The minimum Gasteiger partial charge on any atom is -0.497 e. The molecule has 0 fully saturated rings. The topological polar surface area (TPSA) is 74.2 Å². The molecule has 6 nitrogen and oxygen atoms in total. The standard InChI is InChI=1S/C21H28O6/c1-4-13-26-20(23)19-14-18(15-8-10-16(24-3)11-9-15)17(7-6-12-22)21(27-19)25-5-2/h4,8-11,14,17-18,21-22H,1,5-7,12-13H2,2-3H3/t17-,18+,21+/m0/s1. The summed E-state index contributed by atoms with van der Waals surface area (Å²) in [5.41, 5.74) is 1.01. The number of aliphatic hydroxyl groups is 1. The van der Waals surface area contributed by atoms with Crippen molar-refractivity contribution in [3.05, 3.63) is 54.3 Å². The van der Waals surface area contributed by atoms with Crippen LogP contribution in [0.5, 0.6) is 5.75 Å². The van der Waals surface area contributed by atoms with Crippen molar-refractivity contribution in [2.45, 2.75) is 32.0 Å². The molecular formula is C21H28O6. The molecule has 3 atom stereocenters. The van der Waals surface area contributed by atoms with Gasteiger partial charge in [0.1, 0.15) is 12.4 Å². The maximum Gasteiger partial charge on any atom is 0.373 e. The van der Waals surface area contributed by atoms with Gasteiger partial charge in [-0.2, -0.15) is 0 Å². The van der Waals surface area contributed by atoms with Crippen molar-refractivity contribution in [2.24, 2.45) is 5.92 Å². The fourth-order valence-electron chi connectivity index (χ4n) is 3.16. The number of allylic oxidation sites excluding steroid dienone is 1. The van der Waals surface area contributed by atoms with Gasteiger partial charge >= 0.3 is 5.97 Å². The van der Waals surface area contributed by atoms with Crippen molar-refractivity contribution < 1.29 is 28.8 Å². The van der Waals surface area contributed by atoms with Gasteiger partial charge in [-0.1, -0.05) is 24.8 Å². The van der Waals surface area contributed by atoms with E-state index in [0.29, 0.717) is 19.4 Å². The SMILES string of the molecule is C=CCOC(=O)C1=C[C@H](c2ccc(OC)cc2)[C@H](CCCO)[C@H](OCC)O1. The molecule has 1 aromatic rings. The Morgan fingerprint density at radius 1 is 1.33 bits per heavy atom. The van der Waals surface area contributed by atoms with E-state index < -0.39 is 12.3 Å². The molecule has 0 aliphatic carbocycles. The minimum absolute atomic E-state index is 0.0403. The van der Waals surface area contributed by atoms with Crippen LogP contribution in [0.3, 0.4) is 0 Å². The van der Waals surface area contributed by atoms with Crippen LogP contribution in [0.2, 0.25) is 0 Å². The molecule has 0 bridgehead atoms. The van der Waals surface area contributed by atoms with Gasteiger partial charge in [-0.05, 0) is 43.5 Å².